The molecule has 3 aromatic rings. The van der Waals surface area contributed by atoms with Gasteiger partial charge in [-0.2, -0.15) is 0 Å². The molecular formula is C20H21FN4OS. The van der Waals surface area contributed by atoms with Crippen LogP contribution in [0.1, 0.15) is 10.6 Å². The molecular weight excluding hydrogens is 363 g/mol. The standard InChI is InChI=1S/C20H21FN4OS/c1-26-18-4-2-3-17(14-18)24-9-11-25(12-10-24)20-23-22-19(27-20)13-15-5-7-16(21)8-6-15/h2-8,14H,9-13H2,1H3. The van der Waals surface area contributed by atoms with Crippen molar-refractivity contribution in [1.82, 2.24) is 10.2 Å². The fourth-order valence-electron chi connectivity index (χ4n) is 3.18. The predicted octanol–water partition coefficient (Wildman–Crippen LogP) is 3.60. The topological polar surface area (TPSA) is 41.5 Å². The Labute approximate surface area is 162 Å². The minimum absolute atomic E-state index is 0.217. The molecule has 27 heavy (non-hydrogen) atoms. The van der Waals surface area contributed by atoms with Gasteiger partial charge in [-0.3, -0.25) is 0 Å². The van der Waals surface area contributed by atoms with E-state index in [-0.39, 0.29) is 5.82 Å². The number of hydrogen-bond donors (Lipinski definition) is 0. The minimum Gasteiger partial charge on any atom is -0.497 e. The SMILES string of the molecule is COc1cccc(N2CCN(c3nnc(Cc4ccc(F)cc4)s3)CC2)c1. The first-order chi connectivity index (χ1) is 13.2. The van der Waals surface area contributed by atoms with Gasteiger partial charge >= 0.3 is 0 Å². The first kappa shape index (κ1) is 17.7. The van der Waals surface area contributed by atoms with Crippen molar-refractivity contribution >= 4 is 22.2 Å². The zero-order valence-electron chi connectivity index (χ0n) is 15.1. The van der Waals surface area contributed by atoms with E-state index < -0.39 is 0 Å². The summed E-state index contributed by atoms with van der Waals surface area (Å²) in [5.74, 6) is 0.662. The Morgan fingerprint density at radius 2 is 1.74 bits per heavy atom. The van der Waals surface area contributed by atoms with E-state index in [0.29, 0.717) is 6.42 Å². The molecule has 0 unspecified atom stereocenters. The summed E-state index contributed by atoms with van der Waals surface area (Å²) < 4.78 is 18.3. The first-order valence-corrected chi connectivity index (χ1v) is 9.74. The van der Waals surface area contributed by atoms with Gasteiger partial charge in [0, 0.05) is 44.4 Å². The second-order valence-electron chi connectivity index (χ2n) is 6.46. The van der Waals surface area contributed by atoms with Gasteiger partial charge in [0.2, 0.25) is 5.13 Å². The van der Waals surface area contributed by atoms with Crippen LogP contribution in [0.25, 0.3) is 0 Å². The Morgan fingerprint density at radius 3 is 2.48 bits per heavy atom. The molecule has 0 spiro atoms. The minimum atomic E-state index is -0.217. The van der Waals surface area contributed by atoms with Crippen LogP contribution in [0.5, 0.6) is 5.75 Å². The molecule has 1 aliphatic heterocycles. The van der Waals surface area contributed by atoms with Crippen LogP contribution in [0, 0.1) is 5.82 Å². The lowest BCUT2D eigenvalue weighted by atomic mass is 10.2. The molecule has 4 rings (SSSR count). The van der Waals surface area contributed by atoms with Gasteiger partial charge in [0.25, 0.3) is 0 Å². The van der Waals surface area contributed by atoms with Crippen molar-refractivity contribution in [1.29, 1.82) is 0 Å². The van der Waals surface area contributed by atoms with Crippen molar-refractivity contribution < 1.29 is 9.13 Å². The first-order valence-electron chi connectivity index (χ1n) is 8.92. The molecule has 1 aliphatic rings. The molecule has 0 amide bonds. The Bertz CT molecular complexity index is 891. The number of nitrogens with zero attached hydrogens (tertiary/aromatic N) is 4. The number of aromatic nitrogens is 2. The number of benzene rings is 2. The zero-order chi connectivity index (χ0) is 18.6. The lowest BCUT2D eigenvalue weighted by Gasteiger charge is -2.35. The lowest BCUT2D eigenvalue weighted by molar-refractivity contribution is 0.414. The largest absolute Gasteiger partial charge is 0.497 e. The molecule has 0 N–H and O–H groups in total. The molecule has 0 atom stereocenters. The molecule has 1 fully saturated rings. The molecule has 140 valence electrons. The van der Waals surface area contributed by atoms with E-state index in [9.17, 15) is 4.39 Å². The summed E-state index contributed by atoms with van der Waals surface area (Å²) in [5, 5.41) is 10.6. The maximum Gasteiger partial charge on any atom is 0.208 e. The van der Waals surface area contributed by atoms with Crippen LogP contribution in [0.15, 0.2) is 48.5 Å². The predicted molar refractivity (Wildman–Crippen MR) is 107 cm³/mol. The van der Waals surface area contributed by atoms with Crippen molar-refractivity contribution in [2.75, 3.05) is 43.1 Å². The van der Waals surface area contributed by atoms with Gasteiger partial charge in [-0.1, -0.05) is 29.5 Å². The summed E-state index contributed by atoms with van der Waals surface area (Å²) in [6.45, 7) is 3.67. The lowest BCUT2D eigenvalue weighted by Crippen LogP contribution is -2.46. The number of rotatable bonds is 5. The normalized spacial score (nSPS) is 14.4. The molecule has 5 nitrogen and oxygen atoms in total. The Morgan fingerprint density at radius 1 is 1.00 bits per heavy atom. The van der Waals surface area contributed by atoms with Gasteiger partial charge in [-0.15, -0.1) is 10.2 Å². The van der Waals surface area contributed by atoms with Gasteiger partial charge in [0.1, 0.15) is 16.6 Å². The number of ether oxygens (including phenoxy) is 1. The quantitative estimate of drug-likeness (QED) is 0.672. The van der Waals surface area contributed by atoms with Crippen molar-refractivity contribution in [3.63, 3.8) is 0 Å². The molecule has 1 saturated heterocycles. The summed E-state index contributed by atoms with van der Waals surface area (Å²) in [4.78, 5) is 4.64. The van der Waals surface area contributed by atoms with Crippen LogP contribution < -0.4 is 14.5 Å². The van der Waals surface area contributed by atoms with Crippen molar-refractivity contribution in [2.45, 2.75) is 6.42 Å². The van der Waals surface area contributed by atoms with Gasteiger partial charge < -0.3 is 14.5 Å². The Balaban J connectivity index is 1.37. The third kappa shape index (κ3) is 4.19. The van der Waals surface area contributed by atoms with Gasteiger partial charge in [0.05, 0.1) is 7.11 Å². The molecule has 0 aliphatic carbocycles. The van der Waals surface area contributed by atoms with E-state index in [2.05, 4.69) is 32.1 Å². The number of anilines is 2. The van der Waals surface area contributed by atoms with Crippen LogP contribution in [-0.2, 0) is 6.42 Å². The van der Waals surface area contributed by atoms with E-state index in [1.54, 1.807) is 30.6 Å². The molecule has 2 heterocycles. The van der Waals surface area contributed by atoms with Gasteiger partial charge in [-0.25, -0.2) is 4.39 Å². The molecule has 0 saturated carbocycles. The maximum absolute atomic E-state index is 13.0. The van der Waals surface area contributed by atoms with Crippen molar-refractivity contribution in [3.05, 3.63) is 64.9 Å². The summed E-state index contributed by atoms with van der Waals surface area (Å²) in [5.41, 5.74) is 2.23. The molecule has 2 aromatic carbocycles. The van der Waals surface area contributed by atoms with Crippen LogP contribution in [0.2, 0.25) is 0 Å². The monoisotopic (exact) mass is 384 g/mol. The Kier molecular flexibility index (Phi) is 5.20. The zero-order valence-corrected chi connectivity index (χ0v) is 16.0. The fourth-order valence-corrected chi connectivity index (χ4v) is 4.11. The van der Waals surface area contributed by atoms with E-state index in [1.807, 2.05) is 12.1 Å². The number of methoxy groups -OCH3 is 1. The molecule has 0 bridgehead atoms. The van der Waals surface area contributed by atoms with Crippen LogP contribution in [0.3, 0.4) is 0 Å². The highest BCUT2D eigenvalue weighted by molar-refractivity contribution is 7.15. The Hall–Kier alpha value is -2.67. The summed E-state index contributed by atoms with van der Waals surface area (Å²) in [7, 11) is 1.69. The molecule has 7 heteroatoms. The van der Waals surface area contributed by atoms with E-state index >= 15 is 0 Å². The third-order valence-electron chi connectivity index (χ3n) is 4.69. The van der Waals surface area contributed by atoms with Gasteiger partial charge in [-0.05, 0) is 29.8 Å². The second-order valence-corrected chi connectivity index (χ2v) is 7.50. The second kappa shape index (κ2) is 7.92. The van der Waals surface area contributed by atoms with Gasteiger partial charge in [0.15, 0.2) is 0 Å². The highest BCUT2D eigenvalue weighted by Gasteiger charge is 2.20. The van der Waals surface area contributed by atoms with Crippen molar-refractivity contribution in [2.24, 2.45) is 0 Å². The van der Waals surface area contributed by atoms with Crippen LogP contribution >= 0.6 is 11.3 Å². The van der Waals surface area contributed by atoms with E-state index in [0.717, 1.165) is 47.6 Å². The summed E-state index contributed by atoms with van der Waals surface area (Å²) in [6, 6.07) is 14.7. The number of hydrogen-bond acceptors (Lipinski definition) is 6. The van der Waals surface area contributed by atoms with Crippen molar-refractivity contribution in [3.8, 4) is 5.75 Å². The number of piperazine rings is 1. The molecule has 1 aromatic heterocycles. The summed E-state index contributed by atoms with van der Waals surface area (Å²) >= 11 is 1.61. The average Bonchev–Trinajstić information content (AvgIpc) is 3.18. The highest BCUT2D eigenvalue weighted by Crippen LogP contribution is 2.26. The smallest absolute Gasteiger partial charge is 0.208 e. The summed E-state index contributed by atoms with van der Waals surface area (Å²) in [6.07, 6.45) is 0.682. The fraction of sp³-hybridized carbons (Fsp3) is 0.300. The van der Waals surface area contributed by atoms with Crippen LogP contribution in [-0.4, -0.2) is 43.5 Å². The third-order valence-corrected chi connectivity index (χ3v) is 5.68. The molecule has 0 radical (unpaired) electrons. The van der Waals surface area contributed by atoms with E-state index in [4.69, 9.17) is 4.74 Å². The maximum atomic E-state index is 13.0. The van der Waals surface area contributed by atoms with E-state index in [1.165, 1.54) is 17.8 Å². The highest BCUT2D eigenvalue weighted by atomic mass is 32.1. The number of halogens is 1. The van der Waals surface area contributed by atoms with Crippen LogP contribution in [0.4, 0.5) is 15.2 Å². The average molecular weight is 384 g/mol.